The van der Waals surface area contributed by atoms with Crippen LogP contribution in [0, 0.1) is 5.92 Å². The second-order valence-corrected chi connectivity index (χ2v) is 6.04. The average molecular weight is 304 g/mol. The van der Waals surface area contributed by atoms with Crippen LogP contribution in [0.25, 0.3) is 0 Å². The van der Waals surface area contributed by atoms with Crippen molar-refractivity contribution in [3.05, 3.63) is 24.3 Å². The number of carbonyl (C=O) groups is 1. The molecule has 1 aromatic rings. The molecule has 5 heteroatoms. The van der Waals surface area contributed by atoms with E-state index in [1.807, 2.05) is 24.3 Å². The first-order chi connectivity index (χ1) is 10.8. The van der Waals surface area contributed by atoms with Crippen LogP contribution in [0.4, 0.5) is 0 Å². The van der Waals surface area contributed by atoms with Crippen molar-refractivity contribution in [2.75, 3.05) is 26.2 Å². The van der Waals surface area contributed by atoms with E-state index in [9.17, 15) is 4.79 Å². The fourth-order valence-corrected chi connectivity index (χ4v) is 3.07. The lowest BCUT2D eigenvalue weighted by molar-refractivity contribution is -0.137. The molecule has 0 aliphatic carbocycles. The monoisotopic (exact) mass is 304 g/mol. The number of ether oxygens (including phenoxy) is 2. The normalized spacial score (nSPS) is 19.3. The third-order valence-corrected chi connectivity index (χ3v) is 4.34. The highest BCUT2D eigenvalue weighted by Gasteiger charge is 2.31. The summed E-state index contributed by atoms with van der Waals surface area (Å²) < 4.78 is 11.0. The smallest absolute Gasteiger partial charge is 0.321 e. The number of nitrogens with one attached hydrogen (secondary N) is 1. The Morgan fingerprint density at radius 3 is 2.45 bits per heavy atom. The van der Waals surface area contributed by atoms with Crippen molar-refractivity contribution in [2.45, 2.75) is 32.5 Å². The molecular weight excluding hydrogens is 280 g/mol. The summed E-state index contributed by atoms with van der Waals surface area (Å²) >= 11 is 0. The van der Waals surface area contributed by atoms with Crippen molar-refractivity contribution < 1.29 is 14.3 Å². The molecule has 2 heterocycles. The van der Waals surface area contributed by atoms with E-state index in [0.29, 0.717) is 24.0 Å². The van der Waals surface area contributed by atoms with Gasteiger partial charge in [0.2, 0.25) is 0 Å². The van der Waals surface area contributed by atoms with Crippen LogP contribution in [0.5, 0.6) is 11.5 Å². The lowest BCUT2D eigenvalue weighted by Gasteiger charge is -2.31. The zero-order chi connectivity index (χ0) is 15.4. The molecule has 3 rings (SSSR count). The zero-order valence-corrected chi connectivity index (χ0v) is 13.1. The molecule has 0 aromatic heterocycles. The van der Waals surface area contributed by atoms with Crippen molar-refractivity contribution in [1.82, 2.24) is 10.2 Å². The van der Waals surface area contributed by atoms with Gasteiger partial charge in [-0.25, -0.2) is 0 Å². The highest BCUT2D eigenvalue weighted by Crippen LogP contribution is 2.33. The van der Waals surface area contributed by atoms with Gasteiger partial charge in [0.05, 0.1) is 0 Å². The summed E-state index contributed by atoms with van der Waals surface area (Å²) in [5.74, 6) is 1.64. The van der Waals surface area contributed by atoms with Gasteiger partial charge in [0, 0.05) is 6.54 Å². The van der Waals surface area contributed by atoms with E-state index >= 15 is 0 Å². The fourth-order valence-electron chi connectivity index (χ4n) is 3.07. The van der Waals surface area contributed by atoms with Crippen LogP contribution in [-0.2, 0) is 4.79 Å². The first-order valence-corrected chi connectivity index (χ1v) is 8.18. The molecule has 1 amide bonds. The Kier molecular flexibility index (Phi) is 4.83. The maximum Gasteiger partial charge on any atom is 0.321 e. The molecule has 1 aromatic carbocycles. The van der Waals surface area contributed by atoms with Crippen molar-refractivity contribution in [1.29, 1.82) is 0 Å². The number of hydrogen-bond acceptors (Lipinski definition) is 4. The number of benzene rings is 1. The van der Waals surface area contributed by atoms with Crippen molar-refractivity contribution in [3.8, 4) is 11.5 Å². The molecule has 1 N–H and O–H groups in total. The summed E-state index contributed by atoms with van der Waals surface area (Å²) in [7, 11) is 0. The minimum Gasteiger partial charge on any atom is -0.442 e. The molecule has 0 spiro atoms. The van der Waals surface area contributed by atoms with Gasteiger partial charge in [-0.05, 0) is 56.9 Å². The van der Waals surface area contributed by atoms with Gasteiger partial charge in [-0.15, -0.1) is 0 Å². The summed E-state index contributed by atoms with van der Waals surface area (Å²) in [5.41, 5.74) is 0. The third kappa shape index (κ3) is 3.53. The SMILES string of the molecule is CCCN1CCC(CNC(=O)C2Oc3ccccc3O2)CC1. The number of para-hydroxylation sites is 2. The van der Waals surface area contributed by atoms with Gasteiger partial charge in [-0.1, -0.05) is 19.1 Å². The summed E-state index contributed by atoms with van der Waals surface area (Å²) in [6, 6.07) is 7.36. The number of carbonyl (C=O) groups excluding carboxylic acids is 1. The quantitative estimate of drug-likeness (QED) is 0.904. The second kappa shape index (κ2) is 7.01. The van der Waals surface area contributed by atoms with E-state index < -0.39 is 6.29 Å². The number of amides is 1. The Morgan fingerprint density at radius 1 is 1.23 bits per heavy atom. The number of hydrogen-bond donors (Lipinski definition) is 1. The van der Waals surface area contributed by atoms with Crippen LogP contribution < -0.4 is 14.8 Å². The summed E-state index contributed by atoms with van der Waals surface area (Å²) in [6.07, 6.45) is 2.65. The van der Waals surface area contributed by atoms with Crippen LogP contribution in [-0.4, -0.2) is 43.3 Å². The molecule has 0 saturated carbocycles. The Labute approximate surface area is 131 Å². The van der Waals surface area contributed by atoms with E-state index in [4.69, 9.17) is 9.47 Å². The second-order valence-electron chi connectivity index (χ2n) is 6.04. The van der Waals surface area contributed by atoms with Crippen molar-refractivity contribution in [3.63, 3.8) is 0 Å². The van der Waals surface area contributed by atoms with Gasteiger partial charge in [-0.2, -0.15) is 0 Å². The van der Waals surface area contributed by atoms with Gasteiger partial charge in [0.1, 0.15) is 0 Å². The Bertz CT molecular complexity index is 487. The largest absolute Gasteiger partial charge is 0.442 e. The first kappa shape index (κ1) is 15.2. The molecule has 1 saturated heterocycles. The molecule has 0 bridgehead atoms. The number of rotatable bonds is 5. The molecule has 0 atom stereocenters. The minimum absolute atomic E-state index is 0.188. The predicted octanol–water partition coefficient (Wildman–Crippen LogP) is 2.02. The Morgan fingerprint density at radius 2 is 1.86 bits per heavy atom. The summed E-state index contributed by atoms with van der Waals surface area (Å²) in [4.78, 5) is 14.6. The zero-order valence-electron chi connectivity index (χ0n) is 13.1. The van der Waals surface area contributed by atoms with E-state index in [0.717, 1.165) is 25.9 Å². The maximum absolute atomic E-state index is 12.2. The number of nitrogens with zero attached hydrogens (tertiary/aromatic N) is 1. The van der Waals surface area contributed by atoms with Gasteiger partial charge in [-0.3, -0.25) is 4.79 Å². The van der Waals surface area contributed by atoms with Gasteiger partial charge in [0.15, 0.2) is 11.5 Å². The van der Waals surface area contributed by atoms with Crippen LogP contribution >= 0.6 is 0 Å². The van der Waals surface area contributed by atoms with Gasteiger partial charge >= 0.3 is 12.2 Å². The van der Waals surface area contributed by atoms with Crippen LogP contribution in [0.3, 0.4) is 0 Å². The van der Waals surface area contributed by atoms with E-state index in [2.05, 4.69) is 17.1 Å². The van der Waals surface area contributed by atoms with Crippen molar-refractivity contribution >= 4 is 5.91 Å². The topological polar surface area (TPSA) is 50.8 Å². The molecule has 5 nitrogen and oxygen atoms in total. The summed E-state index contributed by atoms with van der Waals surface area (Å²) in [5, 5.41) is 2.97. The molecule has 0 radical (unpaired) electrons. The average Bonchev–Trinajstić information content (AvgIpc) is 2.98. The summed E-state index contributed by atoms with van der Waals surface area (Å²) in [6.45, 7) is 6.37. The molecule has 1 fully saturated rings. The lowest BCUT2D eigenvalue weighted by atomic mass is 9.96. The number of likely N-dealkylation sites (tertiary alicyclic amines) is 1. The van der Waals surface area contributed by atoms with Crippen LogP contribution in [0.2, 0.25) is 0 Å². The first-order valence-electron chi connectivity index (χ1n) is 8.18. The molecule has 22 heavy (non-hydrogen) atoms. The Hall–Kier alpha value is -1.75. The maximum atomic E-state index is 12.2. The fraction of sp³-hybridized carbons (Fsp3) is 0.588. The molecule has 120 valence electrons. The number of fused-ring (bicyclic) bond motifs is 1. The van der Waals surface area contributed by atoms with Crippen LogP contribution in [0.15, 0.2) is 24.3 Å². The Balaban J connectivity index is 1.41. The van der Waals surface area contributed by atoms with E-state index in [-0.39, 0.29) is 5.91 Å². The third-order valence-electron chi connectivity index (χ3n) is 4.34. The minimum atomic E-state index is -0.849. The predicted molar refractivity (Wildman–Crippen MR) is 84.0 cm³/mol. The molecule has 2 aliphatic rings. The standard InChI is InChI=1S/C17H24N2O3/c1-2-9-19-10-7-13(8-11-19)12-18-16(20)17-21-14-5-3-4-6-15(14)22-17/h3-6,13,17H,2,7-12H2,1H3,(H,18,20). The van der Waals surface area contributed by atoms with E-state index in [1.54, 1.807) is 0 Å². The highest BCUT2D eigenvalue weighted by molar-refractivity contribution is 5.81. The molecular formula is C17H24N2O3. The highest BCUT2D eigenvalue weighted by atomic mass is 16.7. The van der Waals surface area contributed by atoms with Crippen LogP contribution in [0.1, 0.15) is 26.2 Å². The van der Waals surface area contributed by atoms with Crippen molar-refractivity contribution in [2.24, 2.45) is 5.92 Å². The number of piperidine rings is 1. The van der Waals surface area contributed by atoms with Gasteiger partial charge < -0.3 is 19.7 Å². The molecule has 2 aliphatic heterocycles. The lowest BCUT2D eigenvalue weighted by Crippen LogP contribution is -2.44. The molecule has 0 unspecified atom stereocenters. The van der Waals surface area contributed by atoms with E-state index in [1.165, 1.54) is 13.0 Å². The van der Waals surface area contributed by atoms with Gasteiger partial charge in [0.25, 0.3) is 0 Å².